The minimum absolute atomic E-state index is 0.00181. The summed E-state index contributed by atoms with van der Waals surface area (Å²) in [6.45, 7) is 4.77. The highest BCUT2D eigenvalue weighted by Crippen LogP contribution is 2.35. The van der Waals surface area contributed by atoms with E-state index >= 15 is 0 Å². The van der Waals surface area contributed by atoms with Gasteiger partial charge in [0.15, 0.2) is 5.78 Å². The van der Waals surface area contributed by atoms with Crippen LogP contribution in [0.3, 0.4) is 0 Å². The van der Waals surface area contributed by atoms with Gasteiger partial charge in [0, 0.05) is 24.9 Å². The summed E-state index contributed by atoms with van der Waals surface area (Å²) in [5.74, 6) is 1.19. The van der Waals surface area contributed by atoms with Crippen LogP contribution >= 0.6 is 0 Å². The third kappa shape index (κ3) is 7.39. The van der Waals surface area contributed by atoms with E-state index in [1.54, 1.807) is 55.6 Å². The quantitative estimate of drug-likeness (QED) is 0.162. The number of carbonyl (C=O) groups excluding carboxylic acids is 1. The van der Waals surface area contributed by atoms with Crippen molar-refractivity contribution in [2.45, 2.75) is 76.2 Å². The van der Waals surface area contributed by atoms with E-state index in [2.05, 4.69) is 22.3 Å². The van der Waals surface area contributed by atoms with Gasteiger partial charge in [0.25, 0.3) is 10.0 Å². The van der Waals surface area contributed by atoms with E-state index in [4.69, 9.17) is 4.74 Å². The molecule has 3 aromatic rings. The van der Waals surface area contributed by atoms with Crippen LogP contribution in [0.4, 0.5) is 0 Å². The highest BCUT2D eigenvalue weighted by molar-refractivity contribution is 7.90. The maximum Gasteiger partial charge on any atom is 0.283 e. The van der Waals surface area contributed by atoms with E-state index in [0.717, 1.165) is 36.0 Å². The van der Waals surface area contributed by atoms with Crippen LogP contribution in [0.1, 0.15) is 85.0 Å². The minimum atomic E-state index is -3.92. The molecule has 1 heterocycles. The molecule has 40 heavy (non-hydrogen) atoms. The Morgan fingerprint density at radius 2 is 1.60 bits per heavy atom. The van der Waals surface area contributed by atoms with Gasteiger partial charge < -0.3 is 9.64 Å². The number of aryl methyl sites for hydroxylation is 1. The molecule has 0 saturated carbocycles. The molecule has 0 spiro atoms. The maximum atomic E-state index is 13.5. The van der Waals surface area contributed by atoms with E-state index < -0.39 is 10.0 Å². The van der Waals surface area contributed by atoms with Crippen molar-refractivity contribution >= 4 is 21.6 Å². The Hall–Kier alpha value is -3.45. The molecule has 0 radical (unpaired) electrons. The van der Waals surface area contributed by atoms with Gasteiger partial charge in [-0.05, 0) is 60.9 Å². The topological polar surface area (TPSA) is 76.0 Å². The number of fused-ring (bicyclic) bond motifs is 1. The van der Waals surface area contributed by atoms with Crippen LogP contribution in [0.5, 0.6) is 5.75 Å². The molecule has 0 aliphatic carbocycles. The van der Waals surface area contributed by atoms with Crippen LogP contribution in [0.15, 0.2) is 82.1 Å². The van der Waals surface area contributed by atoms with Gasteiger partial charge in [-0.1, -0.05) is 81.0 Å². The molecule has 0 N–H and O–H groups in total. The lowest BCUT2D eigenvalue weighted by Gasteiger charge is -2.39. The van der Waals surface area contributed by atoms with Crippen molar-refractivity contribution in [3.05, 3.63) is 95.1 Å². The number of rotatable bonds is 13. The maximum absolute atomic E-state index is 13.5. The number of unbranched alkanes of at least 4 members (excludes halogenated alkanes) is 5. The Morgan fingerprint density at radius 3 is 2.30 bits per heavy atom. The highest BCUT2D eigenvalue weighted by Gasteiger charge is 2.33. The van der Waals surface area contributed by atoms with Crippen molar-refractivity contribution in [1.29, 1.82) is 0 Å². The van der Waals surface area contributed by atoms with Gasteiger partial charge in [0.1, 0.15) is 11.6 Å². The molecular weight excluding hydrogens is 520 g/mol. The van der Waals surface area contributed by atoms with Crippen molar-refractivity contribution in [1.82, 2.24) is 4.90 Å². The molecule has 0 saturated heterocycles. The lowest BCUT2D eigenvalue weighted by molar-refractivity contribution is 0.0946. The molecule has 1 aliphatic heterocycles. The molecule has 0 amide bonds. The summed E-state index contributed by atoms with van der Waals surface area (Å²) in [5.41, 5.74) is 3.66. The molecule has 3 aromatic carbocycles. The van der Waals surface area contributed by atoms with E-state index in [1.807, 2.05) is 25.1 Å². The van der Waals surface area contributed by atoms with Crippen molar-refractivity contribution in [2.24, 2.45) is 4.40 Å². The molecule has 4 rings (SSSR count). The predicted octanol–water partition coefficient (Wildman–Crippen LogP) is 7.32. The number of Topliss-reactive ketones (excluding diaryl/α,β-unsaturated/α-hetero) is 1. The van der Waals surface area contributed by atoms with Crippen molar-refractivity contribution in [3.8, 4) is 5.75 Å². The number of sulfonamides is 1. The van der Waals surface area contributed by atoms with Crippen LogP contribution in [-0.2, 0) is 16.4 Å². The van der Waals surface area contributed by atoms with Gasteiger partial charge in [-0.3, -0.25) is 4.79 Å². The number of methoxy groups -OCH3 is 1. The fourth-order valence-corrected chi connectivity index (χ4v) is 6.30. The first kappa shape index (κ1) is 29.5. The molecule has 0 fully saturated rings. The Morgan fingerprint density at radius 1 is 0.925 bits per heavy atom. The van der Waals surface area contributed by atoms with Gasteiger partial charge in [-0.15, -0.1) is 4.40 Å². The van der Waals surface area contributed by atoms with Crippen LogP contribution < -0.4 is 4.74 Å². The van der Waals surface area contributed by atoms with E-state index in [9.17, 15) is 13.2 Å². The lowest BCUT2D eigenvalue weighted by Crippen LogP contribution is -2.42. The Bertz CT molecular complexity index is 1410. The highest BCUT2D eigenvalue weighted by atomic mass is 32.2. The molecule has 212 valence electrons. The number of ether oxygens (including phenoxy) is 1. The van der Waals surface area contributed by atoms with Gasteiger partial charge in [-0.25, -0.2) is 0 Å². The number of benzene rings is 3. The fourth-order valence-electron chi connectivity index (χ4n) is 5.26. The van der Waals surface area contributed by atoms with Crippen LogP contribution in [0.2, 0.25) is 0 Å². The summed E-state index contributed by atoms with van der Waals surface area (Å²) in [6.07, 6.45) is 7.33. The predicted molar refractivity (Wildman–Crippen MR) is 161 cm³/mol. The Labute approximate surface area is 239 Å². The zero-order chi connectivity index (χ0) is 28.5. The molecule has 6 nitrogen and oxygen atoms in total. The molecule has 1 aliphatic rings. The second-order valence-electron chi connectivity index (χ2n) is 10.5. The molecular formula is C33H40N2O4S. The normalized spacial score (nSPS) is 16.1. The SMILES string of the molecule is CCCCCCCCN1/C(=N/S(=O)(=O)c2ccc(C)cc2)Cc2ccccc2C1CC(=O)c1ccc(OC)cc1. The first-order valence-electron chi connectivity index (χ1n) is 14.2. The van der Waals surface area contributed by atoms with Gasteiger partial charge in [0.2, 0.25) is 0 Å². The first-order valence-corrected chi connectivity index (χ1v) is 15.7. The monoisotopic (exact) mass is 560 g/mol. The van der Waals surface area contributed by atoms with Gasteiger partial charge in [-0.2, -0.15) is 8.42 Å². The smallest absolute Gasteiger partial charge is 0.283 e. The van der Waals surface area contributed by atoms with Crippen molar-refractivity contribution in [3.63, 3.8) is 0 Å². The van der Waals surface area contributed by atoms with E-state index in [-0.39, 0.29) is 23.1 Å². The number of nitrogens with zero attached hydrogens (tertiary/aromatic N) is 2. The molecule has 1 unspecified atom stereocenters. The number of hydrogen-bond donors (Lipinski definition) is 0. The lowest BCUT2D eigenvalue weighted by atomic mass is 9.87. The summed E-state index contributed by atoms with van der Waals surface area (Å²) < 4.78 is 36.5. The largest absolute Gasteiger partial charge is 0.497 e. The summed E-state index contributed by atoms with van der Waals surface area (Å²) in [7, 11) is -2.32. The summed E-state index contributed by atoms with van der Waals surface area (Å²) >= 11 is 0. The first-order chi connectivity index (χ1) is 19.3. The molecule has 1 atom stereocenters. The van der Waals surface area contributed by atoms with Crippen LogP contribution in [-0.4, -0.2) is 38.6 Å². The van der Waals surface area contributed by atoms with Gasteiger partial charge >= 0.3 is 0 Å². The Balaban J connectivity index is 1.69. The van der Waals surface area contributed by atoms with Crippen molar-refractivity contribution in [2.75, 3.05) is 13.7 Å². The Kier molecular flexibility index (Phi) is 10.2. The standard InChI is InChI=1S/C33H40N2O4S/c1-4-5-6-7-8-11-22-35-31(24-32(36)26-16-18-28(39-3)19-17-26)30-13-10-9-12-27(30)23-33(35)34-40(37,38)29-20-14-25(2)15-21-29/h9-10,12-21,31H,4-8,11,22-24H2,1-3H3/b34-33+. The van der Waals surface area contributed by atoms with Crippen molar-refractivity contribution < 1.29 is 17.9 Å². The second kappa shape index (κ2) is 13.8. The third-order valence-corrected chi connectivity index (χ3v) is 8.88. The van der Waals surface area contributed by atoms with Gasteiger partial charge in [0.05, 0.1) is 18.0 Å². The molecule has 7 heteroatoms. The summed E-state index contributed by atoms with van der Waals surface area (Å²) in [4.78, 5) is 15.8. The summed E-state index contributed by atoms with van der Waals surface area (Å²) in [6, 6.07) is 21.6. The fraction of sp³-hybridized carbons (Fsp3) is 0.394. The zero-order valence-corrected chi connectivity index (χ0v) is 24.6. The van der Waals surface area contributed by atoms with E-state index in [1.165, 1.54) is 19.3 Å². The third-order valence-electron chi connectivity index (χ3n) is 7.56. The number of amidine groups is 1. The second-order valence-corrected chi connectivity index (χ2v) is 12.1. The number of carbonyl (C=O) groups is 1. The zero-order valence-electron chi connectivity index (χ0n) is 23.8. The average molecular weight is 561 g/mol. The number of hydrogen-bond acceptors (Lipinski definition) is 4. The van der Waals surface area contributed by atoms with Crippen LogP contribution in [0, 0.1) is 6.92 Å². The molecule has 0 aromatic heterocycles. The summed E-state index contributed by atoms with van der Waals surface area (Å²) in [5, 5.41) is 0. The minimum Gasteiger partial charge on any atom is -0.497 e. The van der Waals surface area contributed by atoms with E-state index in [0.29, 0.717) is 30.1 Å². The number of ketones is 1. The average Bonchev–Trinajstić information content (AvgIpc) is 2.96. The molecule has 0 bridgehead atoms. The van der Waals surface area contributed by atoms with Crippen LogP contribution in [0.25, 0.3) is 0 Å².